The van der Waals surface area contributed by atoms with Crippen molar-refractivity contribution in [2.45, 2.75) is 103 Å². The fourth-order valence-corrected chi connectivity index (χ4v) is 6.15. The number of nitrogens with zero attached hydrogens (tertiary/aromatic N) is 2. The molecule has 1 heterocycles. The van der Waals surface area contributed by atoms with E-state index in [-0.39, 0.29) is 5.41 Å². The molecule has 2 aromatic rings. The third kappa shape index (κ3) is 5.38. The second-order valence-electron chi connectivity index (χ2n) is 9.49. The first-order chi connectivity index (χ1) is 15.0. The van der Waals surface area contributed by atoms with E-state index in [1.165, 1.54) is 32.1 Å². The monoisotopic (exact) mass is 430 g/mol. The molecule has 172 valence electrons. The van der Waals surface area contributed by atoms with Crippen molar-refractivity contribution in [3.05, 3.63) is 53.6 Å². The zero-order chi connectivity index (χ0) is 22.3. The predicted molar refractivity (Wildman–Crippen MR) is 124 cm³/mol. The number of halogens is 2. The molecule has 0 N–H and O–H groups in total. The molecule has 0 saturated heterocycles. The van der Waals surface area contributed by atoms with Gasteiger partial charge in [-0.25, -0.2) is 13.8 Å². The number of rotatable bonds is 12. The highest BCUT2D eigenvalue weighted by atomic mass is 19.1. The van der Waals surface area contributed by atoms with Crippen LogP contribution in [-0.4, -0.2) is 9.55 Å². The second kappa shape index (κ2) is 11.2. The number of aromatic nitrogens is 2. The van der Waals surface area contributed by atoms with E-state index in [1.807, 2.05) is 6.20 Å². The van der Waals surface area contributed by atoms with Crippen LogP contribution < -0.4 is 0 Å². The summed E-state index contributed by atoms with van der Waals surface area (Å²) in [6.07, 6.45) is 16.4. The van der Waals surface area contributed by atoms with Crippen LogP contribution in [0.4, 0.5) is 8.78 Å². The molecule has 0 radical (unpaired) electrons. The summed E-state index contributed by atoms with van der Waals surface area (Å²) < 4.78 is 31.4. The molecule has 1 aliphatic carbocycles. The fraction of sp³-hybridized carbons (Fsp3) is 0.667. The highest BCUT2D eigenvalue weighted by Crippen LogP contribution is 2.51. The van der Waals surface area contributed by atoms with Gasteiger partial charge in [0.15, 0.2) is 0 Å². The van der Waals surface area contributed by atoms with Crippen LogP contribution in [-0.2, 0) is 18.4 Å². The van der Waals surface area contributed by atoms with E-state index >= 15 is 0 Å². The zero-order valence-corrected chi connectivity index (χ0v) is 19.7. The first-order valence-corrected chi connectivity index (χ1v) is 12.5. The van der Waals surface area contributed by atoms with Crippen molar-refractivity contribution in [3.63, 3.8) is 0 Å². The van der Waals surface area contributed by atoms with Crippen LogP contribution in [0, 0.1) is 23.5 Å². The summed E-state index contributed by atoms with van der Waals surface area (Å²) in [5, 5.41) is 0. The van der Waals surface area contributed by atoms with E-state index in [4.69, 9.17) is 0 Å². The highest BCUT2D eigenvalue weighted by molar-refractivity contribution is 5.30. The second-order valence-corrected chi connectivity index (χ2v) is 9.49. The molecule has 0 bridgehead atoms. The SMILES string of the molecule is CCCCCC(CCC)C(Cn1ccnc1CC)(c1cc(F)cc(F)c1)C1CCCC1. The van der Waals surface area contributed by atoms with Crippen LogP contribution in [0.5, 0.6) is 0 Å². The Morgan fingerprint density at radius 3 is 2.32 bits per heavy atom. The summed E-state index contributed by atoms with van der Waals surface area (Å²) in [7, 11) is 0. The van der Waals surface area contributed by atoms with Crippen LogP contribution in [0.15, 0.2) is 30.6 Å². The van der Waals surface area contributed by atoms with Crippen molar-refractivity contribution < 1.29 is 8.78 Å². The summed E-state index contributed by atoms with van der Waals surface area (Å²) in [5.41, 5.74) is 0.593. The summed E-state index contributed by atoms with van der Waals surface area (Å²) in [4.78, 5) is 4.57. The van der Waals surface area contributed by atoms with Gasteiger partial charge in [0.2, 0.25) is 0 Å². The first-order valence-electron chi connectivity index (χ1n) is 12.5. The number of imidazole rings is 1. The van der Waals surface area contributed by atoms with E-state index in [9.17, 15) is 8.78 Å². The molecule has 0 aliphatic heterocycles. The molecule has 1 aromatic carbocycles. The molecular formula is C27H40F2N2. The minimum absolute atomic E-state index is 0.270. The van der Waals surface area contributed by atoms with Gasteiger partial charge in [-0.3, -0.25) is 0 Å². The maximum Gasteiger partial charge on any atom is 0.126 e. The Kier molecular flexibility index (Phi) is 8.68. The molecule has 1 fully saturated rings. The number of benzene rings is 1. The maximum absolute atomic E-state index is 14.6. The fourth-order valence-electron chi connectivity index (χ4n) is 6.15. The lowest BCUT2D eigenvalue weighted by molar-refractivity contribution is 0.120. The third-order valence-corrected chi connectivity index (χ3v) is 7.56. The highest BCUT2D eigenvalue weighted by Gasteiger charge is 2.47. The quantitative estimate of drug-likeness (QED) is 0.313. The Hall–Kier alpha value is -1.71. The maximum atomic E-state index is 14.6. The van der Waals surface area contributed by atoms with Crippen LogP contribution in [0.2, 0.25) is 0 Å². The van der Waals surface area contributed by atoms with E-state index < -0.39 is 11.6 Å². The lowest BCUT2D eigenvalue weighted by atomic mass is 9.59. The normalized spacial score (nSPS) is 17.7. The standard InChI is InChI=1S/C27H40F2N2/c1-4-7-8-12-21(11-5-2)27(22-13-9-10-14-22,20-31-16-15-30-26(31)6-3)23-17-24(28)19-25(29)18-23/h15-19,21-22H,4-14,20H2,1-3H3. The Morgan fingerprint density at radius 2 is 1.71 bits per heavy atom. The van der Waals surface area contributed by atoms with Gasteiger partial charge in [-0.1, -0.05) is 59.3 Å². The van der Waals surface area contributed by atoms with Gasteiger partial charge < -0.3 is 4.57 Å². The van der Waals surface area contributed by atoms with Gasteiger partial charge in [0.1, 0.15) is 17.5 Å². The topological polar surface area (TPSA) is 17.8 Å². The van der Waals surface area contributed by atoms with Crippen LogP contribution in [0.3, 0.4) is 0 Å². The largest absolute Gasteiger partial charge is 0.334 e. The van der Waals surface area contributed by atoms with Gasteiger partial charge in [-0.05, 0) is 55.2 Å². The smallest absolute Gasteiger partial charge is 0.126 e. The molecule has 0 spiro atoms. The molecule has 2 nitrogen and oxygen atoms in total. The van der Waals surface area contributed by atoms with Crippen molar-refractivity contribution in [2.24, 2.45) is 11.8 Å². The van der Waals surface area contributed by atoms with Gasteiger partial charge in [0.25, 0.3) is 0 Å². The molecule has 0 amide bonds. The van der Waals surface area contributed by atoms with Gasteiger partial charge in [0.05, 0.1) is 0 Å². The first kappa shape index (κ1) is 23.9. The molecule has 31 heavy (non-hydrogen) atoms. The number of hydrogen-bond acceptors (Lipinski definition) is 1. The van der Waals surface area contributed by atoms with Crippen LogP contribution >= 0.6 is 0 Å². The van der Waals surface area contributed by atoms with Crippen LogP contribution in [0.25, 0.3) is 0 Å². The lowest BCUT2D eigenvalue weighted by Crippen LogP contribution is -2.46. The average molecular weight is 431 g/mol. The van der Waals surface area contributed by atoms with E-state index in [0.29, 0.717) is 11.8 Å². The zero-order valence-electron chi connectivity index (χ0n) is 19.7. The number of aryl methyl sites for hydroxylation is 1. The third-order valence-electron chi connectivity index (χ3n) is 7.56. The van der Waals surface area contributed by atoms with Crippen molar-refractivity contribution in [1.29, 1.82) is 0 Å². The minimum atomic E-state index is -0.456. The molecule has 1 aliphatic rings. The summed E-state index contributed by atoms with van der Waals surface area (Å²) in [5.74, 6) is 0.993. The average Bonchev–Trinajstić information content (AvgIpc) is 3.43. The minimum Gasteiger partial charge on any atom is -0.334 e. The van der Waals surface area contributed by atoms with Gasteiger partial charge in [-0.15, -0.1) is 0 Å². The van der Waals surface area contributed by atoms with Crippen molar-refractivity contribution in [2.75, 3.05) is 0 Å². The molecule has 1 aromatic heterocycles. The Labute approximate surface area is 187 Å². The Bertz CT molecular complexity index is 789. The molecule has 1 saturated carbocycles. The van der Waals surface area contributed by atoms with Crippen molar-refractivity contribution in [3.8, 4) is 0 Å². The Morgan fingerprint density at radius 1 is 1.00 bits per heavy atom. The molecule has 2 unspecified atom stereocenters. The Balaban J connectivity index is 2.17. The van der Waals surface area contributed by atoms with Gasteiger partial charge in [-0.2, -0.15) is 0 Å². The molecule has 3 rings (SSSR count). The van der Waals surface area contributed by atoms with Crippen LogP contribution in [0.1, 0.15) is 96.4 Å². The van der Waals surface area contributed by atoms with Gasteiger partial charge >= 0.3 is 0 Å². The van der Waals surface area contributed by atoms with E-state index in [0.717, 1.165) is 62.5 Å². The van der Waals surface area contributed by atoms with E-state index in [2.05, 4.69) is 36.5 Å². The summed E-state index contributed by atoms with van der Waals surface area (Å²) >= 11 is 0. The summed E-state index contributed by atoms with van der Waals surface area (Å²) in [6.45, 7) is 7.37. The van der Waals surface area contributed by atoms with E-state index in [1.54, 1.807) is 12.1 Å². The summed E-state index contributed by atoms with van der Waals surface area (Å²) in [6, 6.07) is 4.28. The lowest BCUT2D eigenvalue weighted by Gasteiger charge is -2.47. The van der Waals surface area contributed by atoms with Gasteiger partial charge in [0, 0.05) is 36.8 Å². The number of hydrogen-bond donors (Lipinski definition) is 0. The van der Waals surface area contributed by atoms with Crippen molar-refractivity contribution in [1.82, 2.24) is 9.55 Å². The number of unbranched alkanes of at least 4 members (excludes halogenated alkanes) is 2. The predicted octanol–water partition coefficient (Wildman–Crippen LogP) is 7.85. The molecule has 4 heteroatoms. The molecule has 2 atom stereocenters. The van der Waals surface area contributed by atoms with Crippen molar-refractivity contribution >= 4 is 0 Å². The molecular weight excluding hydrogens is 390 g/mol.